The number of carbonyl (C=O) groups excluding carboxylic acids is 1. The van der Waals surface area contributed by atoms with E-state index in [1.54, 1.807) is 0 Å². The second-order valence-electron chi connectivity index (χ2n) is 6.05. The standard InChI is InChI=1S/C18H23NO3/c1-12-10-15(16(18(21)22)11-13(12)2)17(20)19-9-8-14-6-4-3-5-7-14/h3-7,15-16H,8-11H2,1-2H3,(H,19,20)(H,21,22)/t15-,16-/m1/s1. The molecule has 22 heavy (non-hydrogen) atoms. The molecule has 4 heteroatoms. The first-order valence-corrected chi connectivity index (χ1v) is 7.68. The molecule has 118 valence electrons. The number of allylic oxidation sites excluding steroid dienone is 2. The van der Waals surface area contributed by atoms with Crippen LogP contribution in [0.25, 0.3) is 0 Å². The van der Waals surface area contributed by atoms with E-state index in [4.69, 9.17) is 0 Å². The van der Waals surface area contributed by atoms with Gasteiger partial charge in [0, 0.05) is 6.54 Å². The van der Waals surface area contributed by atoms with Gasteiger partial charge in [-0.1, -0.05) is 41.5 Å². The van der Waals surface area contributed by atoms with E-state index < -0.39 is 17.8 Å². The Hall–Kier alpha value is -2.10. The Balaban J connectivity index is 1.94. The van der Waals surface area contributed by atoms with Gasteiger partial charge in [0.15, 0.2) is 0 Å². The van der Waals surface area contributed by atoms with Crippen LogP contribution >= 0.6 is 0 Å². The van der Waals surface area contributed by atoms with Crippen LogP contribution in [-0.2, 0) is 16.0 Å². The van der Waals surface area contributed by atoms with Gasteiger partial charge in [-0.05, 0) is 38.7 Å². The number of nitrogens with one attached hydrogen (secondary N) is 1. The normalized spacial score (nSPS) is 21.5. The third kappa shape index (κ3) is 3.97. The molecule has 2 N–H and O–H groups in total. The van der Waals surface area contributed by atoms with Crippen LogP contribution in [0.2, 0.25) is 0 Å². The number of amides is 1. The third-order valence-corrected chi connectivity index (χ3v) is 4.48. The van der Waals surface area contributed by atoms with Crippen LogP contribution in [0, 0.1) is 11.8 Å². The molecule has 1 aromatic rings. The Bertz CT molecular complexity index is 577. The van der Waals surface area contributed by atoms with Gasteiger partial charge < -0.3 is 10.4 Å². The maximum Gasteiger partial charge on any atom is 0.307 e. The minimum atomic E-state index is -0.880. The van der Waals surface area contributed by atoms with Gasteiger partial charge in [0.1, 0.15) is 0 Å². The minimum Gasteiger partial charge on any atom is -0.481 e. The zero-order valence-corrected chi connectivity index (χ0v) is 13.1. The van der Waals surface area contributed by atoms with Crippen LogP contribution < -0.4 is 5.32 Å². The fourth-order valence-electron chi connectivity index (χ4n) is 2.93. The van der Waals surface area contributed by atoms with Gasteiger partial charge in [0.05, 0.1) is 11.8 Å². The fourth-order valence-corrected chi connectivity index (χ4v) is 2.93. The summed E-state index contributed by atoms with van der Waals surface area (Å²) in [6, 6.07) is 9.93. The average molecular weight is 301 g/mol. The molecule has 0 saturated carbocycles. The number of hydrogen-bond acceptors (Lipinski definition) is 2. The summed E-state index contributed by atoms with van der Waals surface area (Å²) in [6.45, 7) is 4.47. The monoisotopic (exact) mass is 301 g/mol. The van der Waals surface area contributed by atoms with Crippen molar-refractivity contribution in [1.29, 1.82) is 0 Å². The van der Waals surface area contributed by atoms with Crippen molar-refractivity contribution in [1.82, 2.24) is 5.32 Å². The van der Waals surface area contributed by atoms with Crippen molar-refractivity contribution in [2.75, 3.05) is 6.54 Å². The summed E-state index contributed by atoms with van der Waals surface area (Å²) < 4.78 is 0. The van der Waals surface area contributed by atoms with Crippen LogP contribution in [0.1, 0.15) is 32.3 Å². The van der Waals surface area contributed by atoms with Gasteiger partial charge >= 0.3 is 5.97 Å². The van der Waals surface area contributed by atoms with Crippen molar-refractivity contribution in [3.05, 3.63) is 47.0 Å². The van der Waals surface area contributed by atoms with E-state index in [2.05, 4.69) is 5.32 Å². The maximum atomic E-state index is 12.4. The molecule has 0 saturated heterocycles. The average Bonchev–Trinajstić information content (AvgIpc) is 2.50. The number of carbonyl (C=O) groups is 2. The molecule has 4 nitrogen and oxygen atoms in total. The predicted molar refractivity (Wildman–Crippen MR) is 85.4 cm³/mol. The largest absolute Gasteiger partial charge is 0.481 e. The maximum absolute atomic E-state index is 12.4. The number of benzene rings is 1. The van der Waals surface area contributed by atoms with Crippen LogP contribution in [0.4, 0.5) is 0 Å². The Morgan fingerprint density at radius 2 is 1.68 bits per heavy atom. The smallest absolute Gasteiger partial charge is 0.307 e. The highest BCUT2D eigenvalue weighted by atomic mass is 16.4. The SMILES string of the molecule is CC1=C(C)C[C@@H](C(=O)NCCc2ccccc2)[C@H](C(=O)O)C1. The highest BCUT2D eigenvalue weighted by molar-refractivity contribution is 5.85. The second-order valence-corrected chi connectivity index (χ2v) is 6.05. The molecule has 0 aromatic heterocycles. The summed E-state index contributed by atoms with van der Waals surface area (Å²) >= 11 is 0. The number of aliphatic carboxylic acids is 1. The zero-order chi connectivity index (χ0) is 16.1. The topological polar surface area (TPSA) is 66.4 Å². The van der Waals surface area contributed by atoms with E-state index in [0.717, 1.165) is 23.1 Å². The predicted octanol–water partition coefficient (Wildman–Crippen LogP) is 2.79. The van der Waals surface area contributed by atoms with Gasteiger partial charge in [0.25, 0.3) is 0 Å². The second kappa shape index (κ2) is 7.25. The summed E-state index contributed by atoms with van der Waals surface area (Å²) in [5.74, 6) is -2.09. The molecular formula is C18H23NO3. The molecule has 0 unspecified atom stereocenters. The van der Waals surface area contributed by atoms with Crippen LogP contribution in [0.3, 0.4) is 0 Å². The third-order valence-electron chi connectivity index (χ3n) is 4.48. The van der Waals surface area contributed by atoms with Crippen LogP contribution in [0.15, 0.2) is 41.5 Å². The van der Waals surface area contributed by atoms with Crippen molar-refractivity contribution in [3.8, 4) is 0 Å². The van der Waals surface area contributed by atoms with Crippen LogP contribution in [0.5, 0.6) is 0 Å². The lowest BCUT2D eigenvalue weighted by atomic mass is 9.76. The van der Waals surface area contributed by atoms with E-state index >= 15 is 0 Å². The molecule has 0 bridgehead atoms. The first-order chi connectivity index (χ1) is 10.5. The highest BCUT2D eigenvalue weighted by Crippen LogP contribution is 2.34. The number of rotatable bonds is 5. The Morgan fingerprint density at radius 1 is 1.09 bits per heavy atom. The first-order valence-electron chi connectivity index (χ1n) is 7.68. The molecule has 1 aliphatic rings. The zero-order valence-electron chi connectivity index (χ0n) is 13.1. The summed E-state index contributed by atoms with van der Waals surface area (Å²) in [7, 11) is 0. The van der Waals surface area contributed by atoms with E-state index in [1.807, 2.05) is 44.2 Å². The van der Waals surface area contributed by atoms with Gasteiger partial charge in [0.2, 0.25) is 5.91 Å². The van der Waals surface area contributed by atoms with Crippen molar-refractivity contribution >= 4 is 11.9 Å². The molecule has 0 aliphatic heterocycles. The van der Waals surface area contributed by atoms with E-state index in [0.29, 0.717) is 19.4 Å². The van der Waals surface area contributed by atoms with Crippen molar-refractivity contribution in [2.24, 2.45) is 11.8 Å². The van der Waals surface area contributed by atoms with Gasteiger partial charge in [-0.25, -0.2) is 0 Å². The molecule has 2 atom stereocenters. The number of hydrogen-bond donors (Lipinski definition) is 2. The lowest BCUT2D eigenvalue weighted by Gasteiger charge is -2.29. The van der Waals surface area contributed by atoms with Gasteiger partial charge in [-0.2, -0.15) is 0 Å². The fraction of sp³-hybridized carbons (Fsp3) is 0.444. The number of carboxylic acid groups (broad SMARTS) is 1. The lowest BCUT2D eigenvalue weighted by Crippen LogP contribution is -2.40. The van der Waals surface area contributed by atoms with Gasteiger partial charge in [-0.15, -0.1) is 0 Å². The molecule has 0 fully saturated rings. The van der Waals surface area contributed by atoms with Crippen molar-refractivity contribution < 1.29 is 14.7 Å². The minimum absolute atomic E-state index is 0.143. The summed E-state index contributed by atoms with van der Waals surface area (Å²) in [5, 5.41) is 12.3. The molecule has 0 heterocycles. The summed E-state index contributed by atoms with van der Waals surface area (Å²) in [5.41, 5.74) is 3.40. The van der Waals surface area contributed by atoms with E-state index in [-0.39, 0.29) is 5.91 Å². The molecule has 1 amide bonds. The molecule has 1 aliphatic carbocycles. The Morgan fingerprint density at radius 3 is 2.27 bits per heavy atom. The van der Waals surface area contributed by atoms with Gasteiger partial charge in [-0.3, -0.25) is 9.59 Å². The first kappa shape index (κ1) is 16.3. The number of carboxylic acids is 1. The Labute approximate surface area is 131 Å². The van der Waals surface area contributed by atoms with Crippen molar-refractivity contribution in [3.63, 3.8) is 0 Å². The summed E-state index contributed by atoms with van der Waals surface area (Å²) in [4.78, 5) is 23.8. The van der Waals surface area contributed by atoms with E-state index in [1.165, 1.54) is 0 Å². The quantitative estimate of drug-likeness (QED) is 0.822. The molecule has 0 radical (unpaired) electrons. The molecule has 1 aromatic carbocycles. The van der Waals surface area contributed by atoms with Crippen molar-refractivity contribution in [2.45, 2.75) is 33.1 Å². The highest BCUT2D eigenvalue weighted by Gasteiger charge is 2.36. The Kier molecular flexibility index (Phi) is 5.36. The van der Waals surface area contributed by atoms with E-state index in [9.17, 15) is 14.7 Å². The molecular weight excluding hydrogens is 278 g/mol. The summed E-state index contributed by atoms with van der Waals surface area (Å²) in [6.07, 6.45) is 1.77. The van der Waals surface area contributed by atoms with Crippen LogP contribution in [-0.4, -0.2) is 23.5 Å². The molecule has 0 spiro atoms. The molecule has 2 rings (SSSR count). The lowest BCUT2D eigenvalue weighted by molar-refractivity contribution is -0.147.